The highest BCUT2D eigenvalue weighted by Gasteiger charge is 1.91. The summed E-state index contributed by atoms with van der Waals surface area (Å²) in [6, 6.07) is 8.37. The second-order valence-corrected chi connectivity index (χ2v) is 2.87. The Labute approximate surface area is 79.7 Å². The van der Waals surface area contributed by atoms with Crippen molar-refractivity contribution < 1.29 is 0 Å². The SMILES string of the molecule is C=CCNCc1ccc(NC)cc1. The van der Waals surface area contributed by atoms with Crippen molar-refractivity contribution in [3.05, 3.63) is 42.5 Å². The third-order valence-corrected chi connectivity index (χ3v) is 1.86. The standard InChI is InChI=1S/C11H16N2/c1-3-8-13-9-10-4-6-11(12-2)7-5-10/h3-7,12-13H,1,8-9H2,2H3. The second-order valence-electron chi connectivity index (χ2n) is 2.87. The molecular weight excluding hydrogens is 160 g/mol. The summed E-state index contributed by atoms with van der Waals surface area (Å²) in [6.07, 6.45) is 1.86. The molecule has 0 radical (unpaired) electrons. The summed E-state index contributed by atoms with van der Waals surface area (Å²) < 4.78 is 0. The molecule has 2 nitrogen and oxygen atoms in total. The molecule has 0 spiro atoms. The largest absolute Gasteiger partial charge is 0.388 e. The van der Waals surface area contributed by atoms with E-state index in [9.17, 15) is 0 Å². The molecule has 0 atom stereocenters. The molecule has 13 heavy (non-hydrogen) atoms. The monoisotopic (exact) mass is 176 g/mol. The van der Waals surface area contributed by atoms with Crippen molar-refractivity contribution in [3.63, 3.8) is 0 Å². The van der Waals surface area contributed by atoms with Crippen LogP contribution in [0.5, 0.6) is 0 Å². The van der Waals surface area contributed by atoms with Crippen molar-refractivity contribution >= 4 is 5.69 Å². The van der Waals surface area contributed by atoms with E-state index in [-0.39, 0.29) is 0 Å². The molecule has 0 aliphatic carbocycles. The fourth-order valence-corrected chi connectivity index (χ4v) is 1.11. The van der Waals surface area contributed by atoms with Crippen LogP contribution in [-0.4, -0.2) is 13.6 Å². The van der Waals surface area contributed by atoms with Gasteiger partial charge in [-0.25, -0.2) is 0 Å². The smallest absolute Gasteiger partial charge is 0.0337 e. The lowest BCUT2D eigenvalue weighted by molar-refractivity contribution is 0.761. The van der Waals surface area contributed by atoms with Gasteiger partial charge in [0.25, 0.3) is 0 Å². The minimum atomic E-state index is 0.855. The molecule has 0 aromatic heterocycles. The molecule has 0 unspecified atom stereocenters. The minimum Gasteiger partial charge on any atom is -0.388 e. The van der Waals surface area contributed by atoms with Crippen LogP contribution in [0.2, 0.25) is 0 Å². The molecule has 70 valence electrons. The quantitative estimate of drug-likeness (QED) is 0.529. The molecule has 0 saturated carbocycles. The Kier molecular flexibility index (Phi) is 4.06. The molecule has 0 fully saturated rings. The van der Waals surface area contributed by atoms with E-state index in [1.807, 2.05) is 13.1 Å². The summed E-state index contributed by atoms with van der Waals surface area (Å²) >= 11 is 0. The number of rotatable bonds is 5. The van der Waals surface area contributed by atoms with E-state index in [0.717, 1.165) is 18.8 Å². The van der Waals surface area contributed by atoms with E-state index < -0.39 is 0 Å². The maximum absolute atomic E-state index is 3.65. The number of benzene rings is 1. The van der Waals surface area contributed by atoms with Gasteiger partial charge in [-0.3, -0.25) is 0 Å². The Morgan fingerprint density at radius 2 is 2.00 bits per heavy atom. The van der Waals surface area contributed by atoms with Crippen molar-refractivity contribution in [2.24, 2.45) is 0 Å². The van der Waals surface area contributed by atoms with Gasteiger partial charge < -0.3 is 10.6 Å². The van der Waals surface area contributed by atoms with Crippen LogP contribution in [0.3, 0.4) is 0 Å². The third kappa shape index (κ3) is 3.30. The average Bonchev–Trinajstić information content (AvgIpc) is 2.19. The Morgan fingerprint density at radius 3 is 2.54 bits per heavy atom. The van der Waals surface area contributed by atoms with Crippen LogP contribution in [0.15, 0.2) is 36.9 Å². The van der Waals surface area contributed by atoms with Crippen molar-refractivity contribution in [2.45, 2.75) is 6.54 Å². The van der Waals surface area contributed by atoms with Gasteiger partial charge in [0.05, 0.1) is 0 Å². The average molecular weight is 176 g/mol. The summed E-state index contributed by atoms with van der Waals surface area (Å²) in [5.74, 6) is 0. The molecule has 1 aromatic rings. The Hall–Kier alpha value is -1.28. The van der Waals surface area contributed by atoms with Crippen molar-refractivity contribution in [1.29, 1.82) is 0 Å². The summed E-state index contributed by atoms with van der Waals surface area (Å²) in [5, 5.41) is 6.34. The first kappa shape index (κ1) is 9.81. The van der Waals surface area contributed by atoms with Crippen LogP contribution in [0.25, 0.3) is 0 Å². The molecule has 1 aromatic carbocycles. The third-order valence-electron chi connectivity index (χ3n) is 1.86. The molecule has 0 aliphatic rings. The van der Waals surface area contributed by atoms with E-state index in [1.165, 1.54) is 5.56 Å². The van der Waals surface area contributed by atoms with Crippen LogP contribution in [0, 0.1) is 0 Å². The first-order valence-electron chi connectivity index (χ1n) is 4.45. The van der Waals surface area contributed by atoms with E-state index in [0.29, 0.717) is 0 Å². The van der Waals surface area contributed by atoms with E-state index in [1.54, 1.807) is 0 Å². The summed E-state index contributed by atoms with van der Waals surface area (Å²) in [6.45, 7) is 5.40. The topological polar surface area (TPSA) is 24.1 Å². The van der Waals surface area contributed by atoms with Crippen LogP contribution in [0.1, 0.15) is 5.56 Å². The number of hydrogen-bond donors (Lipinski definition) is 2. The van der Waals surface area contributed by atoms with Crippen LogP contribution < -0.4 is 10.6 Å². The van der Waals surface area contributed by atoms with Gasteiger partial charge in [0.1, 0.15) is 0 Å². The first-order valence-corrected chi connectivity index (χ1v) is 4.45. The maximum Gasteiger partial charge on any atom is 0.0337 e. The number of hydrogen-bond acceptors (Lipinski definition) is 2. The highest BCUT2D eigenvalue weighted by molar-refractivity contribution is 5.43. The lowest BCUT2D eigenvalue weighted by atomic mass is 10.2. The number of nitrogens with one attached hydrogen (secondary N) is 2. The fourth-order valence-electron chi connectivity index (χ4n) is 1.11. The van der Waals surface area contributed by atoms with Gasteiger partial charge in [-0.1, -0.05) is 18.2 Å². The van der Waals surface area contributed by atoms with Gasteiger partial charge in [0, 0.05) is 25.8 Å². The van der Waals surface area contributed by atoms with E-state index in [2.05, 4.69) is 41.5 Å². The molecule has 2 N–H and O–H groups in total. The van der Waals surface area contributed by atoms with Gasteiger partial charge in [0.2, 0.25) is 0 Å². The predicted octanol–water partition coefficient (Wildman–Crippen LogP) is 2.00. The van der Waals surface area contributed by atoms with Crippen LogP contribution >= 0.6 is 0 Å². The second kappa shape index (κ2) is 5.38. The lowest BCUT2D eigenvalue weighted by Crippen LogP contribution is -2.12. The molecule has 1 rings (SSSR count). The molecule has 0 bridgehead atoms. The molecule has 0 heterocycles. The van der Waals surface area contributed by atoms with Crippen LogP contribution in [-0.2, 0) is 6.54 Å². The Balaban J connectivity index is 2.44. The maximum atomic E-state index is 3.65. The lowest BCUT2D eigenvalue weighted by Gasteiger charge is -2.03. The van der Waals surface area contributed by atoms with Gasteiger partial charge in [-0.05, 0) is 17.7 Å². The molecule has 0 aliphatic heterocycles. The van der Waals surface area contributed by atoms with Crippen molar-refractivity contribution in [3.8, 4) is 0 Å². The zero-order chi connectivity index (χ0) is 9.52. The summed E-state index contributed by atoms with van der Waals surface area (Å²) in [7, 11) is 1.92. The normalized spacial score (nSPS) is 9.62. The van der Waals surface area contributed by atoms with Crippen molar-refractivity contribution in [2.75, 3.05) is 18.9 Å². The van der Waals surface area contributed by atoms with Crippen molar-refractivity contribution in [1.82, 2.24) is 5.32 Å². The van der Waals surface area contributed by atoms with Gasteiger partial charge in [-0.15, -0.1) is 6.58 Å². The Morgan fingerprint density at radius 1 is 1.31 bits per heavy atom. The highest BCUT2D eigenvalue weighted by atomic mass is 14.8. The molecule has 0 amide bonds. The van der Waals surface area contributed by atoms with Gasteiger partial charge in [-0.2, -0.15) is 0 Å². The van der Waals surface area contributed by atoms with Gasteiger partial charge >= 0.3 is 0 Å². The predicted molar refractivity (Wildman–Crippen MR) is 57.9 cm³/mol. The molecule has 0 saturated heterocycles. The minimum absolute atomic E-state index is 0.855. The molecule has 2 heteroatoms. The zero-order valence-electron chi connectivity index (χ0n) is 8.01. The highest BCUT2D eigenvalue weighted by Crippen LogP contribution is 2.07. The fraction of sp³-hybridized carbons (Fsp3) is 0.273. The summed E-state index contributed by atoms with van der Waals surface area (Å²) in [4.78, 5) is 0. The van der Waals surface area contributed by atoms with Crippen LogP contribution in [0.4, 0.5) is 5.69 Å². The van der Waals surface area contributed by atoms with Gasteiger partial charge in [0.15, 0.2) is 0 Å². The van der Waals surface area contributed by atoms with E-state index >= 15 is 0 Å². The number of anilines is 1. The summed E-state index contributed by atoms with van der Waals surface area (Å²) in [5.41, 5.74) is 2.44. The first-order chi connectivity index (χ1) is 6.36. The zero-order valence-corrected chi connectivity index (χ0v) is 8.01. The van der Waals surface area contributed by atoms with E-state index in [4.69, 9.17) is 0 Å². The molecular formula is C11H16N2. The Bertz CT molecular complexity index is 251.